The van der Waals surface area contributed by atoms with Crippen molar-refractivity contribution in [2.45, 2.75) is 37.6 Å². The van der Waals surface area contributed by atoms with Crippen LogP contribution in [0.1, 0.15) is 57.8 Å². The van der Waals surface area contributed by atoms with Gasteiger partial charge in [0.15, 0.2) is 0 Å². The Balaban J connectivity index is 1.09. The van der Waals surface area contributed by atoms with Crippen LogP contribution in [0.15, 0.2) is 170 Å². The van der Waals surface area contributed by atoms with Crippen LogP contribution >= 0.6 is 0 Å². The van der Waals surface area contributed by atoms with E-state index in [2.05, 4.69) is 48.5 Å². The maximum Gasteiger partial charge on any atom is 0.118 e. The van der Waals surface area contributed by atoms with E-state index in [-0.39, 0.29) is 24.4 Å². The molecule has 0 aliphatic carbocycles. The molecule has 0 aromatic heterocycles. The Morgan fingerprint density at radius 1 is 0.327 bits per heavy atom. The molecule has 0 saturated heterocycles. The van der Waals surface area contributed by atoms with E-state index in [1.54, 1.807) is 14.2 Å². The predicted molar refractivity (Wildman–Crippen MR) is 215 cm³/mol. The van der Waals surface area contributed by atoms with Gasteiger partial charge < -0.3 is 33.2 Å². The van der Waals surface area contributed by atoms with E-state index in [0.717, 1.165) is 44.9 Å². The lowest BCUT2D eigenvalue weighted by Crippen LogP contribution is -2.21. The van der Waals surface area contributed by atoms with Crippen LogP contribution in [0.3, 0.4) is 0 Å². The molecule has 6 aromatic rings. The number of ether oxygens (including phenoxy) is 7. The monoisotopic (exact) mass is 738 g/mol. The summed E-state index contributed by atoms with van der Waals surface area (Å²) in [6.45, 7) is 2.35. The Hall–Kier alpha value is -5.28. The van der Waals surface area contributed by atoms with Gasteiger partial charge >= 0.3 is 0 Å². The van der Waals surface area contributed by atoms with Gasteiger partial charge in [-0.1, -0.05) is 146 Å². The highest BCUT2D eigenvalue weighted by molar-refractivity contribution is 5.30. The predicted octanol–water partition coefficient (Wildman–Crippen LogP) is 10.5. The normalized spacial score (nSPS) is 13.4. The van der Waals surface area contributed by atoms with Crippen molar-refractivity contribution < 1.29 is 33.2 Å². The molecule has 0 heterocycles. The summed E-state index contributed by atoms with van der Waals surface area (Å²) in [6, 6.07) is 56.8. The van der Waals surface area contributed by atoms with Crippen LogP contribution < -0.4 is 9.47 Å². The molecule has 55 heavy (non-hydrogen) atoms. The highest BCUT2D eigenvalue weighted by Gasteiger charge is 2.28. The van der Waals surface area contributed by atoms with Crippen LogP contribution in [0.2, 0.25) is 0 Å². The lowest BCUT2D eigenvalue weighted by atomic mass is 9.97. The zero-order valence-corrected chi connectivity index (χ0v) is 31.6. The van der Waals surface area contributed by atoms with Crippen LogP contribution in [-0.2, 0) is 36.9 Å². The largest absolute Gasteiger partial charge is 0.497 e. The molecule has 0 aliphatic heterocycles. The average Bonchev–Trinajstić information content (AvgIpc) is 3.26. The van der Waals surface area contributed by atoms with Crippen molar-refractivity contribution in [3.8, 4) is 11.5 Å². The summed E-state index contributed by atoms with van der Waals surface area (Å²) in [7, 11) is 3.33. The average molecular weight is 739 g/mol. The minimum absolute atomic E-state index is 0.353. The molecule has 7 nitrogen and oxygen atoms in total. The van der Waals surface area contributed by atoms with E-state index in [9.17, 15) is 0 Å². The van der Waals surface area contributed by atoms with Crippen molar-refractivity contribution >= 4 is 0 Å². The zero-order valence-electron chi connectivity index (χ0n) is 31.6. The van der Waals surface area contributed by atoms with Crippen molar-refractivity contribution in [3.05, 3.63) is 203 Å². The maximum absolute atomic E-state index is 6.64. The van der Waals surface area contributed by atoms with Crippen molar-refractivity contribution in [2.75, 3.05) is 40.6 Å². The van der Waals surface area contributed by atoms with E-state index in [0.29, 0.717) is 39.6 Å². The first-order chi connectivity index (χ1) is 27.2. The Morgan fingerprint density at radius 3 is 0.909 bits per heavy atom. The molecule has 0 bridgehead atoms. The standard InChI is InChI=1S/C48H50O7/c1-49-43-27-23-37(24-28-43)35-54-47(41-19-11-5-12-20-41)45(39-15-7-3-8-16-39)52-33-31-51-32-34-53-46(40-17-9-4-10-18-40)48(42-21-13-6-14-22-42)55-36-38-25-29-44(50-2)30-26-38/h3-30,45-48H,31-36H2,1-2H3/t45-,46-,47-,48-/m0/s1. The lowest BCUT2D eigenvalue weighted by Gasteiger charge is -2.29. The third-order valence-electron chi connectivity index (χ3n) is 9.29. The lowest BCUT2D eigenvalue weighted by molar-refractivity contribution is -0.108. The van der Waals surface area contributed by atoms with E-state index in [4.69, 9.17) is 33.2 Å². The molecule has 0 radical (unpaired) electrons. The zero-order chi connectivity index (χ0) is 37.9. The number of benzene rings is 6. The third kappa shape index (κ3) is 11.9. The van der Waals surface area contributed by atoms with E-state index >= 15 is 0 Å². The SMILES string of the molecule is COc1ccc(CO[C@@H](c2ccccc2)[C@@H](OCCOCCO[C@@H](c2ccccc2)[C@@H](OCc2ccc(OC)cc2)c2ccccc2)c2ccccc2)cc1. The van der Waals surface area contributed by atoms with Gasteiger partial charge in [0, 0.05) is 0 Å². The van der Waals surface area contributed by atoms with Gasteiger partial charge in [-0.2, -0.15) is 0 Å². The minimum atomic E-state index is -0.362. The topological polar surface area (TPSA) is 64.6 Å². The Morgan fingerprint density at radius 2 is 0.618 bits per heavy atom. The van der Waals surface area contributed by atoms with Gasteiger partial charge in [-0.25, -0.2) is 0 Å². The first-order valence-electron chi connectivity index (χ1n) is 18.7. The first kappa shape index (κ1) is 39.4. The second-order valence-electron chi connectivity index (χ2n) is 13.0. The Bertz CT molecular complexity index is 1760. The molecule has 6 aromatic carbocycles. The van der Waals surface area contributed by atoms with Gasteiger partial charge in [-0.3, -0.25) is 0 Å². The fraction of sp³-hybridized carbons (Fsp3) is 0.250. The van der Waals surface area contributed by atoms with Gasteiger partial charge in [0.05, 0.1) is 53.9 Å². The van der Waals surface area contributed by atoms with Crippen LogP contribution in [0.5, 0.6) is 11.5 Å². The van der Waals surface area contributed by atoms with Gasteiger partial charge in [0.25, 0.3) is 0 Å². The number of rotatable bonds is 22. The summed E-state index contributed by atoms with van der Waals surface area (Å²) >= 11 is 0. The maximum atomic E-state index is 6.64. The van der Waals surface area contributed by atoms with Gasteiger partial charge in [-0.05, 0) is 57.6 Å². The molecule has 7 heteroatoms. The molecule has 0 saturated carbocycles. The summed E-state index contributed by atoms with van der Waals surface area (Å²) in [5, 5.41) is 0. The fourth-order valence-corrected chi connectivity index (χ4v) is 6.39. The van der Waals surface area contributed by atoms with Crippen molar-refractivity contribution in [2.24, 2.45) is 0 Å². The van der Waals surface area contributed by atoms with Crippen LogP contribution in [-0.4, -0.2) is 40.6 Å². The van der Waals surface area contributed by atoms with Crippen LogP contribution in [0, 0.1) is 0 Å². The molecule has 0 amide bonds. The van der Waals surface area contributed by atoms with E-state index in [1.165, 1.54) is 0 Å². The number of hydrogen-bond donors (Lipinski definition) is 0. The smallest absolute Gasteiger partial charge is 0.118 e. The summed E-state index contributed by atoms with van der Waals surface area (Å²) in [4.78, 5) is 0. The summed E-state index contributed by atoms with van der Waals surface area (Å²) in [5.74, 6) is 1.62. The molecule has 4 atom stereocenters. The minimum Gasteiger partial charge on any atom is -0.497 e. The quantitative estimate of drug-likeness (QED) is 0.0643. The highest BCUT2D eigenvalue weighted by Crippen LogP contribution is 2.37. The first-order valence-corrected chi connectivity index (χ1v) is 18.7. The van der Waals surface area contributed by atoms with Crippen molar-refractivity contribution in [3.63, 3.8) is 0 Å². The third-order valence-corrected chi connectivity index (χ3v) is 9.29. The molecule has 0 unspecified atom stereocenters. The summed E-state index contributed by atoms with van der Waals surface area (Å²) in [6.07, 6.45) is -1.43. The van der Waals surface area contributed by atoms with Gasteiger partial charge in [0.2, 0.25) is 0 Å². The second kappa shape index (κ2) is 21.6. The van der Waals surface area contributed by atoms with E-state index < -0.39 is 0 Å². The molecular formula is C48H50O7. The number of methoxy groups -OCH3 is 2. The van der Waals surface area contributed by atoms with Crippen LogP contribution in [0.25, 0.3) is 0 Å². The van der Waals surface area contributed by atoms with Gasteiger partial charge in [-0.15, -0.1) is 0 Å². The molecule has 0 spiro atoms. The van der Waals surface area contributed by atoms with Crippen molar-refractivity contribution in [1.82, 2.24) is 0 Å². The summed E-state index contributed by atoms with van der Waals surface area (Å²) < 4.78 is 43.3. The van der Waals surface area contributed by atoms with E-state index in [1.807, 2.05) is 121 Å². The Kier molecular flexibility index (Phi) is 15.5. The highest BCUT2D eigenvalue weighted by atomic mass is 16.6. The summed E-state index contributed by atoms with van der Waals surface area (Å²) in [5.41, 5.74) is 6.22. The fourth-order valence-electron chi connectivity index (χ4n) is 6.39. The van der Waals surface area contributed by atoms with Crippen LogP contribution in [0.4, 0.5) is 0 Å². The molecular weight excluding hydrogens is 689 g/mol. The molecule has 6 rings (SSSR count). The molecule has 0 fully saturated rings. The number of hydrogen-bond acceptors (Lipinski definition) is 7. The Labute approximate surface area is 325 Å². The van der Waals surface area contributed by atoms with Gasteiger partial charge in [0.1, 0.15) is 35.9 Å². The molecule has 0 aliphatic rings. The molecule has 284 valence electrons. The second-order valence-corrected chi connectivity index (χ2v) is 13.0. The molecule has 0 N–H and O–H groups in total. The van der Waals surface area contributed by atoms with Crippen molar-refractivity contribution in [1.29, 1.82) is 0 Å².